The van der Waals surface area contributed by atoms with Crippen LogP contribution in [0.2, 0.25) is 0 Å². The van der Waals surface area contributed by atoms with Gasteiger partial charge in [-0.05, 0) is 37.1 Å². The number of carbonyl (C=O) groups is 2. The highest BCUT2D eigenvalue weighted by Gasteiger charge is 2.28. The van der Waals surface area contributed by atoms with Gasteiger partial charge in [-0.15, -0.1) is 0 Å². The average molecular weight is 352 g/mol. The summed E-state index contributed by atoms with van der Waals surface area (Å²) >= 11 is 0. The number of hydrogen-bond donors (Lipinski definition) is 2. The molecule has 1 aliphatic rings. The molecule has 2 heterocycles. The first-order chi connectivity index (χ1) is 12.4. The van der Waals surface area contributed by atoms with E-state index in [4.69, 9.17) is 0 Å². The molecular weight excluding hydrogens is 328 g/mol. The number of anilines is 1. The van der Waals surface area contributed by atoms with E-state index in [2.05, 4.69) is 47.7 Å². The summed E-state index contributed by atoms with van der Waals surface area (Å²) in [5, 5.41) is 6.05. The van der Waals surface area contributed by atoms with Crippen molar-refractivity contribution in [3.05, 3.63) is 58.3 Å². The van der Waals surface area contributed by atoms with Crippen molar-refractivity contribution < 1.29 is 9.59 Å². The number of hydrogen-bond acceptors (Lipinski definition) is 4. The molecule has 1 aliphatic heterocycles. The number of rotatable bonds is 6. The summed E-state index contributed by atoms with van der Waals surface area (Å²) in [6, 6.07) is 10.1. The number of nitrogens with zero attached hydrogens (tertiary/aromatic N) is 2. The van der Waals surface area contributed by atoms with E-state index >= 15 is 0 Å². The molecule has 0 radical (unpaired) electrons. The number of amides is 2. The number of pyridine rings is 1. The summed E-state index contributed by atoms with van der Waals surface area (Å²) in [6.45, 7) is 7.76. The lowest BCUT2D eigenvalue weighted by atomic mass is 10.1. The van der Waals surface area contributed by atoms with E-state index in [1.54, 1.807) is 4.90 Å². The van der Waals surface area contributed by atoms with Crippen LogP contribution in [0, 0.1) is 13.8 Å². The van der Waals surface area contributed by atoms with Crippen molar-refractivity contribution in [2.45, 2.75) is 33.9 Å². The first-order valence-electron chi connectivity index (χ1n) is 8.77. The van der Waals surface area contributed by atoms with Crippen molar-refractivity contribution in [1.82, 2.24) is 15.2 Å². The minimum absolute atomic E-state index is 0.0289. The number of nitrogens with one attached hydrogen (secondary N) is 2. The van der Waals surface area contributed by atoms with Crippen molar-refractivity contribution in [2.24, 2.45) is 0 Å². The normalized spacial score (nSPS) is 12.9. The van der Waals surface area contributed by atoms with Crippen molar-refractivity contribution in [3.63, 3.8) is 0 Å². The predicted octanol–water partition coefficient (Wildman–Crippen LogP) is 2.40. The standard InChI is InChI=1S/C20H24N4O2/c1-13-4-5-16(14(2)10-13)11-22-19-7-6-17-18(23-19)12-24(20(17)26)9-8-21-15(3)25/h4-7,10H,8-9,11-12H2,1-3H3,(H,21,25)(H,22,23). The molecule has 2 aromatic rings. The molecule has 0 aliphatic carbocycles. The average Bonchev–Trinajstić information content (AvgIpc) is 2.89. The van der Waals surface area contributed by atoms with E-state index in [1.807, 2.05) is 12.1 Å². The molecule has 0 bridgehead atoms. The lowest BCUT2D eigenvalue weighted by molar-refractivity contribution is -0.119. The van der Waals surface area contributed by atoms with Crippen LogP contribution in [0.15, 0.2) is 30.3 Å². The lowest BCUT2D eigenvalue weighted by Gasteiger charge is -2.14. The van der Waals surface area contributed by atoms with Gasteiger partial charge in [0.1, 0.15) is 5.82 Å². The fraction of sp³-hybridized carbons (Fsp3) is 0.350. The maximum absolute atomic E-state index is 12.4. The maximum Gasteiger partial charge on any atom is 0.256 e. The number of carbonyl (C=O) groups excluding carboxylic acids is 2. The molecule has 3 rings (SSSR count). The summed E-state index contributed by atoms with van der Waals surface area (Å²) in [6.07, 6.45) is 0. The highest BCUT2D eigenvalue weighted by atomic mass is 16.2. The lowest BCUT2D eigenvalue weighted by Crippen LogP contribution is -2.34. The third kappa shape index (κ3) is 4.02. The molecule has 0 saturated carbocycles. The Kier molecular flexibility index (Phi) is 5.21. The number of benzene rings is 1. The largest absolute Gasteiger partial charge is 0.366 e. The van der Waals surface area contributed by atoms with Crippen LogP contribution < -0.4 is 10.6 Å². The second kappa shape index (κ2) is 7.56. The topological polar surface area (TPSA) is 74.3 Å². The van der Waals surface area contributed by atoms with E-state index in [1.165, 1.54) is 23.6 Å². The van der Waals surface area contributed by atoms with E-state index in [-0.39, 0.29) is 11.8 Å². The molecule has 0 saturated heterocycles. The van der Waals surface area contributed by atoms with Crippen molar-refractivity contribution in [3.8, 4) is 0 Å². The fourth-order valence-corrected chi connectivity index (χ4v) is 3.12. The van der Waals surface area contributed by atoms with E-state index in [9.17, 15) is 9.59 Å². The highest BCUT2D eigenvalue weighted by molar-refractivity contribution is 5.98. The minimum atomic E-state index is -0.0924. The summed E-state index contributed by atoms with van der Waals surface area (Å²) in [5.41, 5.74) is 5.15. The molecule has 2 N–H and O–H groups in total. The molecule has 0 spiro atoms. The van der Waals surface area contributed by atoms with Crippen LogP contribution in [0.3, 0.4) is 0 Å². The molecule has 6 nitrogen and oxygen atoms in total. The summed E-state index contributed by atoms with van der Waals surface area (Å²) < 4.78 is 0. The molecule has 0 unspecified atom stereocenters. The molecule has 0 fully saturated rings. The van der Waals surface area contributed by atoms with Crippen LogP contribution >= 0.6 is 0 Å². The first kappa shape index (κ1) is 17.9. The van der Waals surface area contributed by atoms with Gasteiger partial charge >= 0.3 is 0 Å². The Hall–Kier alpha value is -2.89. The van der Waals surface area contributed by atoms with E-state index < -0.39 is 0 Å². The molecule has 0 atom stereocenters. The second-order valence-corrected chi connectivity index (χ2v) is 6.68. The Morgan fingerprint density at radius 2 is 2.04 bits per heavy atom. The zero-order valence-corrected chi connectivity index (χ0v) is 15.4. The molecule has 1 aromatic carbocycles. The number of fused-ring (bicyclic) bond motifs is 1. The second-order valence-electron chi connectivity index (χ2n) is 6.68. The highest BCUT2D eigenvalue weighted by Crippen LogP contribution is 2.23. The van der Waals surface area contributed by atoms with Crippen LogP contribution in [0.25, 0.3) is 0 Å². The van der Waals surface area contributed by atoms with Crippen LogP contribution in [0.4, 0.5) is 5.82 Å². The van der Waals surface area contributed by atoms with Gasteiger partial charge in [0.05, 0.1) is 17.8 Å². The summed E-state index contributed by atoms with van der Waals surface area (Å²) in [7, 11) is 0. The smallest absolute Gasteiger partial charge is 0.256 e. The first-order valence-corrected chi connectivity index (χ1v) is 8.77. The maximum atomic E-state index is 12.4. The minimum Gasteiger partial charge on any atom is -0.366 e. The number of aromatic nitrogens is 1. The Balaban J connectivity index is 1.63. The summed E-state index contributed by atoms with van der Waals surface area (Å²) in [4.78, 5) is 29.7. The van der Waals surface area contributed by atoms with Gasteiger partial charge in [0, 0.05) is 26.6 Å². The SMILES string of the molecule is CC(=O)NCCN1Cc2nc(NCc3ccc(C)cc3C)ccc2C1=O. The Morgan fingerprint density at radius 1 is 1.23 bits per heavy atom. The quantitative estimate of drug-likeness (QED) is 0.837. The molecule has 1 aromatic heterocycles. The Morgan fingerprint density at radius 3 is 2.77 bits per heavy atom. The van der Waals surface area contributed by atoms with Gasteiger partial charge in [0.15, 0.2) is 0 Å². The zero-order chi connectivity index (χ0) is 18.7. The third-order valence-corrected chi connectivity index (χ3v) is 4.55. The van der Waals surface area contributed by atoms with Gasteiger partial charge in [0.25, 0.3) is 5.91 Å². The van der Waals surface area contributed by atoms with Crippen molar-refractivity contribution in [2.75, 3.05) is 18.4 Å². The Bertz CT molecular complexity index is 848. The Labute approximate surface area is 153 Å². The molecule has 6 heteroatoms. The molecule has 136 valence electrons. The van der Waals surface area contributed by atoms with Gasteiger partial charge < -0.3 is 15.5 Å². The fourth-order valence-electron chi connectivity index (χ4n) is 3.12. The third-order valence-electron chi connectivity index (χ3n) is 4.55. The monoisotopic (exact) mass is 352 g/mol. The van der Waals surface area contributed by atoms with E-state index in [0.717, 1.165) is 11.5 Å². The van der Waals surface area contributed by atoms with Crippen molar-refractivity contribution in [1.29, 1.82) is 0 Å². The van der Waals surface area contributed by atoms with Crippen LogP contribution in [-0.2, 0) is 17.9 Å². The van der Waals surface area contributed by atoms with Crippen LogP contribution in [0.5, 0.6) is 0 Å². The molecule has 2 amide bonds. The van der Waals surface area contributed by atoms with Gasteiger partial charge in [-0.2, -0.15) is 0 Å². The van der Waals surface area contributed by atoms with Crippen LogP contribution in [-0.4, -0.2) is 34.8 Å². The van der Waals surface area contributed by atoms with Gasteiger partial charge in [-0.1, -0.05) is 23.8 Å². The predicted molar refractivity (Wildman–Crippen MR) is 101 cm³/mol. The van der Waals surface area contributed by atoms with Gasteiger partial charge in [-0.3, -0.25) is 9.59 Å². The van der Waals surface area contributed by atoms with Crippen molar-refractivity contribution >= 4 is 17.6 Å². The van der Waals surface area contributed by atoms with Gasteiger partial charge in [0.2, 0.25) is 5.91 Å². The van der Waals surface area contributed by atoms with Crippen LogP contribution in [0.1, 0.15) is 39.7 Å². The summed E-state index contributed by atoms with van der Waals surface area (Å²) in [5.74, 6) is 0.643. The van der Waals surface area contributed by atoms with E-state index in [0.29, 0.717) is 31.7 Å². The zero-order valence-electron chi connectivity index (χ0n) is 15.4. The molecular formula is C20H24N4O2. The van der Waals surface area contributed by atoms with Gasteiger partial charge in [-0.25, -0.2) is 4.98 Å². The molecule has 26 heavy (non-hydrogen) atoms. The number of aryl methyl sites for hydroxylation is 2.